The van der Waals surface area contributed by atoms with Crippen LogP contribution in [0.5, 0.6) is 0 Å². The minimum Gasteiger partial charge on any atom is -0.373 e. The van der Waals surface area contributed by atoms with Crippen LogP contribution in [-0.2, 0) is 9.53 Å². The Kier molecular flexibility index (Phi) is 6.91. The molecule has 3 aliphatic heterocycles. The summed E-state index contributed by atoms with van der Waals surface area (Å²) in [5.41, 5.74) is 7.10. The number of amides is 1. The van der Waals surface area contributed by atoms with Gasteiger partial charge >= 0.3 is 0 Å². The summed E-state index contributed by atoms with van der Waals surface area (Å²) in [6, 6.07) is 4.01. The third-order valence-corrected chi connectivity index (χ3v) is 7.72. The Morgan fingerprint density at radius 3 is 2.41 bits per heavy atom. The molecule has 1 aromatic rings. The quantitative estimate of drug-likeness (QED) is 0.709. The average molecular weight is 475 g/mol. The summed E-state index contributed by atoms with van der Waals surface area (Å²) in [5, 5.41) is 2.09. The zero-order chi connectivity index (χ0) is 23.8. The number of hydrogen-bond acceptors (Lipinski definition) is 5. The van der Waals surface area contributed by atoms with Crippen LogP contribution in [0.3, 0.4) is 0 Å². The predicted octanol–water partition coefficient (Wildman–Crippen LogP) is 3.41. The maximum atomic E-state index is 13.6. The van der Waals surface area contributed by atoms with E-state index in [0.717, 1.165) is 57.8 Å². The van der Waals surface area contributed by atoms with E-state index in [1.165, 1.54) is 23.4 Å². The van der Waals surface area contributed by atoms with Gasteiger partial charge in [-0.15, -0.1) is 0 Å². The van der Waals surface area contributed by atoms with Gasteiger partial charge in [0.25, 0.3) is 0 Å². The molecule has 3 heterocycles. The molecule has 4 aliphatic rings. The van der Waals surface area contributed by atoms with Gasteiger partial charge in [-0.3, -0.25) is 9.69 Å². The Hall–Kier alpha value is -2.03. The Bertz CT molecular complexity index is 916. The number of morpholine rings is 1. The lowest BCUT2D eigenvalue weighted by atomic mass is 9.89. The molecule has 0 saturated carbocycles. The molecule has 1 aromatic carbocycles. The number of nitrogens with zero attached hydrogens (tertiary/aromatic N) is 3. The summed E-state index contributed by atoms with van der Waals surface area (Å²) >= 11 is 0. The van der Waals surface area contributed by atoms with Crippen molar-refractivity contribution < 1.29 is 18.3 Å². The first-order valence-electron chi connectivity index (χ1n) is 12.7. The van der Waals surface area contributed by atoms with Crippen LogP contribution in [0.25, 0.3) is 0 Å². The summed E-state index contributed by atoms with van der Waals surface area (Å²) in [5.74, 6) is -0.870. The third-order valence-electron chi connectivity index (χ3n) is 7.72. The third kappa shape index (κ3) is 5.14. The standard InChI is InChI=1S/C26H36F2N4O2/c1-17-13-30(14-18(2)34-17)15-24-23-4-3-5-25(23)32(29-24)16-26(33)31-8-6-19(7-9-31)20-10-21(27)12-22(28)11-20/h10-12,17-19,24,29H,3-9,13-16H2,1-2H3/t17-,18+,24?. The lowest BCUT2D eigenvalue weighted by molar-refractivity contribution is -0.133. The number of nitrogens with one attached hydrogen (secondary N) is 1. The fourth-order valence-electron chi connectivity index (χ4n) is 6.27. The van der Waals surface area contributed by atoms with Gasteiger partial charge < -0.3 is 14.6 Å². The molecule has 2 saturated heterocycles. The molecule has 1 N–H and O–H groups in total. The Labute approximate surface area is 200 Å². The van der Waals surface area contributed by atoms with E-state index in [4.69, 9.17) is 4.74 Å². The lowest BCUT2D eigenvalue weighted by Crippen LogP contribution is -2.52. The molecule has 1 amide bonds. The monoisotopic (exact) mass is 474 g/mol. The molecule has 2 fully saturated rings. The second-order valence-electron chi connectivity index (χ2n) is 10.4. The topological polar surface area (TPSA) is 48.0 Å². The Morgan fingerprint density at radius 1 is 1.06 bits per heavy atom. The van der Waals surface area contributed by atoms with E-state index in [1.54, 1.807) is 0 Å². The first-order chi connectivity index (χ1) is 16.4. The Balaban J connectivity index is 1.16. The molecule has 34 heavy (non-hydrogen) atoms. The smallest absolute Gasteiger partial charge is 0.243 e. The second-order valence-corrected chi connectivity index (χ2v) is 10.4. The number of piperidine rings is 1. The SMILES string of the molecule is C[C@@H]1CN(CC2NN(CC(=O)N3CCC(c4cc(F)cc(F)c4)CC3)C3=C2CCC3)C[C@H](C)O1. The largest absolute Gasteiger partial charge is 0.373 e. The molecule has 6 nitrogen and oxygen atoms in total. The molecule has 0 spiro atoms. The number of halogens is 2. The molecule has 0 bridgehead atoms. The number of hydrazine groups is 1. The van der Waals surface area contributed by atoms with Crippen LogP contribution in [-0.4, -0.2) is 78.2 Å². The molecular formula is C26H36F2N4O2. The van der Waals surface area contributed by atoms with E-state index in [1.807, 2.05) is 4.90 Å². The maximum Gasteiger partial charge on any atom is 0.243 e. The van der Waals surface area contributed by atoms with Gasteiger partial charge in [-0.2, -0.15) is 0 Å². The van der Waals surface area contributed by atoms with E-state index in [9.17, 15) is 13.6 Å². The molecule has 8 heteroatoms. The van der Waals surface area contributed by atoms with Crippen LogP contribution < -0.4 is 5.43 Å². The first kappa shape index (κ1) is 23.7. The van der Waals surface area contributed by atoms with Crippen molar-refractivity contribution in [2.24, 2.45) is 0 Å². The number of ether oxygens (including phenoxy) is 1. The van der Waals surface area contributed by atoms with Crippen molar-refractivity contribution in [3.05, 3.63) is 46.7 Å². The summed E-state index contributed by atoms with van der Waals surface area (Å²) in [7, 11) is 0. The molecule has 3 atom stereocenters. The van der Waals surface area contributed by atoms with Gasteiger partial charge in [0.1, 0.15) is 18.2 Å². The van der Waals surface area contributed by atoms with Crippen molar-refractivity contribution in [2.75, 3.05) is 39.3 Å². The van der Waals surface area contributed by atoms with Crippen molar-refractivity contribution in [2.45, 2.75) is 70.1 Å². The molecular weight excluding hydrogens is 438 g/mol. The van der Waals surface area contributed by atoms with Crippen LogP contribution in [0.4, 0.5) is 8.78 Å². The van der Waals surface area contributed by atoms with Gasteiger partial charge in [0.15, 0.2) is 0 Å². The number of allylic oxidation sites excluding steroid dienone is 1. The van der Waals surface area contributed by atoms with Crippen molar-refractivity contribution in [1.29, 1.82) is 0 Å². The number of benzene rings is 1. The van der Waals surface area contributed by atoms with Crippen molar-refractivity contribution in [3.8, 4) is 0 Å². The number of rotatable bonds is 5. The summed E-state index contributed by atoms with van der Waals surface area (Å²) < 4.78 is 33.1. The van der Waals surface area contributed by atoms with E-state index in [-0.39, 0.29) is 30.1 Å². The van der Waals surface area contributed by atoms with Gasteiger partial charge in [-0.05, 0) is 75.1 Å². The zero-order valence-corrected chi connectivity index (χ0v) is 20.2. The number of carbonyl (C=O) groups is 1. The van der Waals surface area contributed by atoms with E-state index in [0.29, 0.717) is 25.2 Å². The Morgan fingerprint density at radius 2 is 1.74 bits per heavy atom. The molecule has 0 aromatic heterocycles. The summed E-state index contributed by atoms with van der Waals surface area (Å²) in [4.78, 5) is 17.5. The number of hydrogen-bond donors (Lipinski definition) is 1. The first-order valence-corrected chi connectivity index (χ1v) is 12.7. The number of carbonyl (C=O) groups excluding carboxylic acids is 1. The van der Waals surface area contributed by atoms with Gasteiger partial charge in [-0.25, -0.2) is 14.2 Å². The fourth-order valence-corrected chi connectivity index (χ4v) is 6.27. The van der Waals surface area contributed by atoms with E-state index < -0.39 is 11.6 Å². The van der Waals surface area contributed by atoms with Crippen LogP contribution in [0.1, 0.15) is 57.4 Å². The molecule has 1 aliphatic carbocycles. The highest BCUT2D eigenvalue weighted by Crippen LogP contribution is 2.36. The van der Waals surface area contributed by atoms with Gasteiger partial charge in [0.2, 0.25) is 5.91 Å². The zero-order valence-electron chi connectivity index (χ0n) is 20.2. The van der Waals surface area contributed by atoms with Crippen molar-refractivity contribution >= 4 is 5.91 Å². The van der Waals surface area contributed by atoms with Crippen molar-refractivity contribution in [3.63, 3.8) is 0 Å². The van der Waals surface area contributed by atoms with Crippen LogP contribution in [0, 0.1) is 11.6 Å². The highest BCUT2D eigenvalue weighted by molar-refractivity contribution is 5.78. The van der Waals surface area contributed by atoms with Gasteiger partial charge in [-0.1, -0.05) is 0 Å². The fraction of sp³-hybridized carbons (Fsp3) is 0.654. The van der Waals surface area contributed by atoms with Crippen LogP contribution in [0.15, 0.2) is 29.5 Å². The summed E-state index contributed by atoms with van der Waals surface area (Å²) in [6.07, 6.45) is 5.22. The molecule has 0 radical (unpaired) electrons. The highest BCUT2D eigenvalue weighted by Gasteiger charge is 2.37. The van der Waals surface area contributed by atoms with Crippen molar-refractivity contribution in [1.82, 2.24) is 20.2 Å². The lowest BCUT2D eigenvalue weighted by Gasteiger charge is -2.37. The van der Waals surface area contributed by atoms with E-state index in [2.05, 4.69) is 29.2 Å². The average Bonchev–Trinajstić information content (AvgIpc) is 3.37. The summed E-state index contributed by atoms with van der Waals surface area (Å²) in [6.45, 7) is 8.65. The molecule has 5 rings (SSSR count). The number of likely N-dealkylation sites (tertiary alicyclic amines) is 1. The second kappa shape index (κ2) is 9.91. The molecule has 1 unspecified atom stereocenters. The highest BCUT2D eigenvalue weighted by atomic mass is 19.1. The maximum absolute atomic E-state index is 13.6. The van der Waals surface area contributed by atoms with Gasteiger partial charge in [0, 0.05) is 44.5 Å². The predicted molar refractivity (Wildman–Crippen MR) is 126 cm³/mol. The minimum absolute atomic E-state index is 0.0889. The van der Waals surface area contributed by atoms with Crippen LogP contribution in [0.2, 0.25) is 0 Å². The normalized spacial score (nSPS) is 28.6. The van der Waals surface area contributed by atoms with E-state index >= 15 is 0 Å². The molecule has 186 valence electrons. The van der Waals surface area contributed by atoms with Crippen LogP contribution >= 0.6 is 0 Å². The minimum atomic E-state index is -0.537. The van der Waals surface area contributed by atoms with Gasteiger partial charge in [0.05, 0.1) is 18.2 Å².